The van der Waals surface area contributed by atoms with Gasteiger partial charge in [-0.25, -0.2) is 13.4 Å². The second kappa shape index (κ2) is 6.83. The summed E-state index contributed by atoms with van der Waals surface area (Å²) in [4.78, 5) is 18.7. The highest BCUT2D eigenvalue weighted by atomic mass is 32.2. The summed E-state index contributed by atoms with van der Waals surface area (Å²) in [6.45, 7) is 2.74. The van der Waals surface area contributed by atoms with Crippen molar-refractivity contribution in [1.82, 2.24) is 19.7 Å². The Morgan fingerprint density at radius 1 is 1.44 bits per heavy atom. The molecule has 0 unspecified atom stereocenters. The predicted octanol–water partition coefficient (Wildman–Crippen LogP) is 0.918. The van der Waals surface area contributed by atoms with Crippen LogP contribution in [0.15, 0.2) is 30.7 Å². The number of rotatable bonds is 4. The van der Waals surface area contributed by atoms with Crippen molar-refractivity contribution in [1.29, 1.82) is 0 Å². The van der Waals surface area contributed by atoms with Crippen LogP contribution in [0.2, 0.25) is 0 Å². The van der Waals surface area contributed by atoms with Gasteiger partial charge in [-0.2, -0.15) is 5.10 Å². The molecular weight excluding hydrogens is 344 g/mol. The highest BCUT2D eigenvalue weighted by Gasteiger charge is 2.37. The molecule has 8 nitrogen and oxygen atoms in total. The quantitative estimate of drug-likeness (QED) is 0.801. The van der Waals surface area contributed by atoms with Crippen molar-refractivity contribution in [3.05, 3.63) is 41.9 Å². The Hall–Kier alpha value is -2.42. The van der Waals surface area contributed by atoms with E-state index in [1.54, 1.807) is 40.3 Å². The van der Waals surface area contributed by atoms with E-state index < -0.39 is 15.9 Å². The zero-order valence-electron chi connectivity index (χ0n) is 14.1. The summed E-state index contributed by atoms with van der Waals surface area (Å²) in [6, 6.07) is 2.71. The van der Waals surface area contributed by atoms with Crippen molar-refractivity contribution < 1.29 is 17.9 Å². The van der Waals surface area contributed by atoms with E-state index in [4.69, 9.17) is 4.74 Å². The molecule has 0 aliphatic carbocycles. The lowest BCUT2D eigenvalue weighted by atomic mass is 10.1. The first-order chi connectivity index (χ1) is 11.9. The van der Waals surface area contributed by atoms with Crippen molar-refractivity contribution in [2.75, 3.05) is 25.2 Å². The molecule has 3 heterocycles. The molecule has 1 saturated heterocycles. The van der Waals surface area contributed by atoms with Gasteiger partial charge in [0.1, 0.15) is 5.56 Å². The van der Waals surface area contributed by atoms with Crippen molar-refractivity contribution in [2.45, 2.75) is 19.5 Å². The number of sulfone groups is 1. The van der Waals surface area contributed by atoms with E-state index in [0.29, 0.717) is 17.7 Å². The Bertz CT molecular complexity index is 878. The SMILES string of the molecule is CCn1cc([C@@H]2CS(=O)(=O)CCN2C(=O)c2cccnc2OC)cn1. The summed E-state index contributed by atoms with van der Waals surface area (Å²) >= 11 is 0. The van der Waals surface area contributed by atoms with Crippen LogP contribution in [0.25, 0.3) is 0 Å². The molecule has 9 heteroatoms. The van der Waals surface area contributed by atoms with E-state index in [0.717, 1.165) is 0 Å². The van der Waals surface area contributed by atoms with Crippen LogP contribution < -0.4 is 4.74 Å². The Labute approximate surface area is 146 Å². The second-order valence-corrected chi connectivity index (χ2v) is 8.05. The highest BCUT2D eigenvalue weighted by Crippen LogP contribution is 2.29. The van der Waals surface area contributed by atoms with Gasteiger partial charge in [-0.05, 0) is 19.1 Å². The number of ether oxygens (including phenoxy) is 1. The molecule has 0 spiro atoms. The first kappa shape index (κ1) is 17.4. The molecule has 1 atom stereocenters. The number of hydrogen-bond acceptors (Lipinski definition) is 6. The molecule has 2 aromatic rings. The molecule has 0 aromatic carbocycles. The topological polar surface area (TPSA) is 94.4 Å². The number of aryl methyl sites for hydroxylation is 1. The van der Waals surface area contributed by atoms with Crippen LogP contribution in [-0.4, -0.2) is 59.1 Å². The molecule has 0 radical (unpaired) electrons. The monoisotopic (exact) mass is 364 g/mol. The molecule has 3 rings (SSSR count). The van der Waals surface area contributed by atoms with Crippen LogP contribution in [0.4, 0.5) is 0 Å². The number of pyridine rings is 1. The Kier molecular flexibility index (Phi) is 4.76. The number of methoxy groups -OCH3 is 1. The Balaban J connectivity index is 1.98. The summed E-state index contributed by atoms with van der Waals surface area (Å²) in [6.07, 6.45) is 4.95. The largest absolute Gasteiger partial charge is 0.480 e. The van der Waals surface area contributed by atoms with Crippen LogP contribution in [0.3, 0.4) is 0 Å². The number of carbonyl (C=O) groups excluding carboxylic acids is 1. The van der Waals surface area contributed by atoms with Crippen LogP contribution in [0.1, 0.15) is 28.9 Å². The van der Waals surface area contributed by atoms with Crippen LogP contribution in [-0.2, 0) is 16.4 Å². The number of hydrogen-bond donors (Lipinski definition) is 0. The average Bonchev–Trinajstić information content (AvgIpc) is 3.09. The fourth-order valence-corrected chi connectivity index (χ4v) is 4.42. The van der Waals surface area contributed by atoms with E-state index in [9.17, 15) is 13.2 Å². The zero-order valence-corrected chi connectivity index (χ0v) is 14.9. The average molecular weight is 364 g/mol. The molecule has 1 fully saturated rings. The molecule has 134 valence electrons. The third-order valence-electron chi connectivity index (χ3n) is 4.25. The summed E-state index contributed by atoms with van der Waals surface area (Å²) < 4.78 is 31.2. The van der Waals surface area contributed by atoms with E-state index >= 15 is 0 Å². The maximum Gasteiger partial charge on any atom is 0.259 e. The normalized spacial score (nSPS) is 19.6. The van der Waals surface area contributed by atoms with Crippen molar-refractivity contribution in [3.63, 3.8) is 0 Å². The zero-order chi connectivity index (χ0) is 18.0. The summed E-state index contributed by atoms with van der Waals surface area (Å²) in [5.41, 5.74) is 1.03. The van der Waals surface area contributed by atoms with Crippen molar-refractivity contribution in [3.8, 4) is 5.88 Å². The maximum absolute atomic E-state index is 13.0. The minimum absolute atomic E-state index is 0.0558. The molecule has 1 aliphatic rings. The van der Waals surface area contributed by atoms with Gasteiger partial charge in [0.15, 0.2) is 9.84 Å². The lowest BCUT2D eigenvalue weighted by molar-refractivity contribution is 0.0693. The number of amides is 1. The smallest absolute Gasteiger partial charge is 0.259 e. The van der Waals surface area contributed by atoms with E-state index in [-0.39, 0.29) is 29.8 Å². The van der Waals surface area contributed by atoms with Crippen molar-refractivity contribution >= 4 is 15.7 Å². The lowest BCUT2D eigenvalue weighted by Gasteiger charge is -2.35. The molecule has 0 N–H and O–H groups in total. The predicted molar refractivity (Wildman–Crippen MR) is 91.1 cm³/mol. The first-order valence-electron chi connectivity index (χ1n) is 7.98. The second-order valence-electron chi connectivity index (χ2n) is 5.82. The molecule has 0 bridgehead atoms. The molecular formula is C16H20N4O4S. The molecule has 1 amide bonds. The van der Waals surface area contributed by atoms with Gasteiger partial charge >= 0.3 is 0 Å². The number of nitrogens with zero attached hydrogens (tertiary/aromatic N) is 4. The Morgan fingerprint density at radius 3 is 2.92 bits per heavy atom. The van der Waals surface area contributed by atoms with Gasteiger partial charge in [-0.1, -0.05) is 0 Å². The van der Waals surface area contributed by atoms with Gasteiger partial charge in [0.25, 0.3) is 5.91 Å². The fraction of sp³-hybridized carbons (Fsp3) is 0.438. The van der Waals surface area contributed by atoms with Gasteiger partial charge in [0.2, 0.25) is 5.88 Å². The van der Waals surface area contributed by atoms with Crippen LogP contribution >= 0.6 is 0 Å². The van der Waals surface area contributed by atoms with E-state index in [1.165, 1.54) is 7.11 Å². The maximum atomic E-state index is 13.0. The third kappa shape index (κ3) is 3.51. The van der Waals surface area contributed by atoms with Gasteiger partial charge < -0.3 is 9.64 Å². The standard InChI is InChI=1S/C16H20N4O4S/c1-3-19-10-12(9-18-19)14-11-25(22,23)8-7-20(14)16(21)13-5-4-6-17-15(13)24-2/h4-6,9-10,14H,3,7-8,11H2,1-2H3/t14-/m0/s1. The minimum atomic E-state index is -3.22. The fourth-order valence-electron chi connectivity index (χ4n) is 2.92. The van der Waals surface area contributed by atoms with Gasteiger partial charge in [0, 0.05) is 31.0 Å². The minimum Gasteiger partial charge on any atom is -0.480 e. The van der Waals surface area contributed by atoms with Gasteiger partial charge in [-0.3, -0.25) is 9.48 Å². The van der Waals surface area contributed by atoms with E-state index in [1.807, 2.05) is 6.92 Å². The third-order valence-corrected chi connectivity index (χ3v) is 5.88. The first-order valence-corrected chi connectivity index (χ1v) is 9.80. The summed E-state index contributed by atoms with van der Waals surface area (Å²) in [5.74, 6) is -0.241. The summed E-state index contributed by atoms with van der Waals surface area (Å²) in [7, 11) is -1.77. The van der Waals surface area contributed by atoms with Gasteiger partial charge in [-0.15, -0.1) is 0 Å². The molecule has 2 aromatic heterocycles. The van der Waals surface area contributed by atoms with Crippen LogP contribution in [0, 0.1) is 0 Å². The van der Waals surface area contributed by atoms with Gasteiger partial charge in [0.05, 0.1) is 30.9 Å². The highest BCUT2D eigenvalue weighted by molar-refractivity contribution is 7.91. The Morgan fingerprint density at radius 2 is 2.24 bits per heavy atom. The number of carbonyl (C=O) groups is 1. The van der Waals surface area contributed by atoms with Crippen molar-refractivity contribution in [2.24, 2.45) is 0 Å². The van der Waals surface area contributed by atoms with Crippen LogP contribution in [0.5, 0.6) is 5.88 Å². The number of aromatic nitrogens is 3. The molecule has 0 saturated carbocycles. The lowest BCUT2D eigenvalue weighted by Crippen LogP contribution is -2.46. The summed E-state index contributed by atoms with van der Waals surface area (Å²) in [5, 5.41) is 4.20. The molecule has 1 aliphatic heterocycles. The molecule has 25 heavy (non-hydrogen) atoms. The van der Waals surface area contributed by atoms with E-state index in [2.05, 4.69) is 10.1 Å².